The molecule has 0 fully saturated rings. The molecule has 0 atom stereocenters. The number of phenolic OH excluding ortho intramolecular Hbond substituents is 1. The number of nitrogens with zero attached hydrogens (tertiary/aromatic N) is 1. The quantitative estimate of drug-likeness (QED) is 0.494. The summed E-state index contributed by atoms with van der Waals surface area (Å²) in [6.07, 6.45) is 1.50. The first-order valence-corrected chi connectivity index (χ1v) is 9.38. The van der Waals surface area contributed by atoms with E-state index >= 15 is 0 Å². The van der Waals surface area contributed by atoms with Gasteiger partial charge in [0.25, 0.3) is 0 Å². The first kappa shape index (κ1) is 20.2. The lowest BCUT2D eigenvalue weighted by Crippen LogP contribution is -2.23. The van der Waals surface area contributed by atoms with Crippen LogP contribution >= 0.6 is 0 Å². The van der Waals surface area contributed by atoms with Gasteiger partial charge in [-0.1, -0.05) is 12.1 Å². The van der Waals surface area contributed by atoms with E-state index in [1.807, 2.05) is 0 Å². The molecule has 3 aromatic carbocycles. The van der Waals surface area contributed by atoms with Gasteiger partial charge in [-0.05, 0) is 35.9 Å². The third kappa shape index (κ3) is 3.40. The molecule has 3 aromatic rings. The number of hydrogen-bond acceptors (Lipinski definition) is 7. The molecule has 0 aromatic heterocycles. The van der Waals surface area contributed by atoms with Crippen molar-refractivity contribution in [1.82, 2.24) is 0 Å². The number of ether oxygens (including phenoxy) is 3. The van der Waals surface area contributed by atoms with Crippen LogP contribution in [0.3, 0.4) is 0 Å². The number of carbonyl (C=O) groups excluding carboxylic acids is 2. The lowest BCUT2D eigenvalue weighted by atomic mass is 9.82. The number of phenols is 1. The summed E-state index contributed by atoms with van der Waals surface area (Å²) >= 11 is 0. The maximum atomic E-state index is 13.3. The summed E-state index contributed by atoms with van der Waals surface area (Å²) in [7, 11) is 4.33. The molecule has 0 unspecified atom stereocenters. The van der Waals surface area contributed by atoms with Crippen LogP contribution in [0.2, 0.25) is 0 Å². The molecule has 0 heterocycles. The molecule has 4 rings (SSSR count). The number of aliphatic imine (C=N–C) groups is 1. The lowest BCUT2D eigenvalue weighted by molar-refractivity contribution is 0.0973. The van der Waals surface area contributed by atoms with Crippen LogP contribution in [0.5, 0.6) is 23.0 Å². The Kier molecular flexibility index (Phi) is 5.17. The third-order valence-electron chi connectivity index (χ3n) is 5.05. The van der Waals surface area contributed by atoms with Crippen molar-refractivity contribution in [3.63, 3.8) is 0 Å². The fourth-order valence-electron chi connectivity index (χ4n) is 3.56. The van der Waals surface area contributed by atoms with E-state index in [0.717, 1.165) is 0 Å². The average Bonchev–Trinajstić information content (AvgIpc) is 2.80. The van der Waals surface area contributed by atoms with Crippen molar-refractivity contribution in [2.75, 3.05) is 21.3 Å². The minimum Gasteiger partial charge on any atom is -0.506 e. The summed E-state index contributed by atoms with van der Waals surface area (Å²) in [6.45, 7) is 0. The van der Waals surface area contributed by atoms with Crippen LogP contribution in [-0.4, -0.2) is 44.2 Å². The van der Waals surface area contributed by atoms with Gasteiger partial charge in [-0.2, -0.15) is 0 Å². The standard InChI is InChI=1S/C24H19NO6/c1-29-14-10-16-22(20(11-14)31-3)24(28)21-15(23(16)27)8-13(9-19(21)30-2)12-25-17-6-4-5-7-18(17)26/h4-12,26H,1-3H3. The van der Waals surface area contributed by atoms with Crippen molar-refractivity contribution in [3.05, 3.63) is 76.3 Å². The molecule has 0 saturated carbocycles. The number of rotatable bonds is 5. The second kappa shape index (κ2) is 7.95. The highest BCUT2D eigenvalue weighted by Crippen LogP contribution is 2.40. The fraction of sp³-hybridized carbons (Fsp3) is 0.125. The zero-order valence-corrected chi connectivity index (χ0v) is 17.1. The zero-order valence-electron chi connectivity index (χ0n) is 17.1. The maximum absolute atomic E-state index is 13.3. The number of fused-ring (bicyclic) bond motifs is 2. The largest absolute Gasteiger partial charge is 0.506 e. The van der Waals surface area contributed by atoms with Crippen LogP contribution in [-0.2, 0) is 0 Å². The van der Waals surface area contributed by atoms with Gasteiger partial charge in [0.05, 0.1) is 32.5 Å². The van der Waals surface area contributed by atoms with Gasteiger partial charge in [0, 0.05) is 23.4 Å². The fourth-order valence-corrected chi connectivity index (χ4v) is 3.56. The average molecular weight is 417 g/mol. The molecule has 0 spiro atoms. The van der Waals surface area contributed by atoms with Gasteiger partial charge < -0.3 is 19.3 Å². The second-order valence-corrected chi connectivity index (χ2v) is 6.80. The summed E-state index contributed by atoms with van der Waals surface area (Å²) in [6, 6.07) is 12.9. The smallest absolute Gasteiger partial charge is 0.201 e. The first-order valence-electron chi connectivity index (χ1n) is 9.38. The van der Waals surface area contributed by atoms with Gasteiger partial charge >= 0.3 is 0 Å². The Morgan fingerprint density at radius 1 is 0.806 bits per heavy atom. The van der Waals surface area contributed by atoms with Crippen LogP contribution in [0, 0.1) is 0 Å². The van der Waals surface area contributed by atoms with Crippen LogP contribution in [0.4, 0.5) is 5.69 Å². The topological polar surface area (TPSA) is 94.4 Å². The lowest BCUT2D eigenvalue weighted by Gasteiger charge is -2.22. The molecule has 1 N–H and O–H groups in total. The van der Waals surface area contributed by atoms with Gasteiger partial charge in [0.15, 0.2) is 5.78 Å². The van der Waals surface area contributed by atoms with E-state index in [2.05, 4.69) is 4.99 Å². The van der Waals surface area contributed by atoms with Crippen molar-refractivity contribution < 1.29 is 28.9 Å². The molecule has 1 aliphatic carbocycles. The number of hydrogen-bond donors (Lipinski definition) is 1. The predicted octanol–water partition coefficient (Wildman–Crippen LogP) is 3.94. The maximum Gasteiger partial charge on any atom is 0.201 e. The van der Waals surface area contributed by atoms with Gasteiger partial charge in [0.2, 0.25) is 5.78 Å². The van der Waals surface area contributed by atoms with Crippen LogP contribution < -0.4 is 14.2 Å². The Labute approximate surface area is 178 Å². The molecule has 1 aliphatic rings. The summed E-state index contributed by atoms with van der Waals surface area (Å²) in [5, 5.41) is 9.91. The number of para-hydroxylation sites is 2. The van der Waals surface area contributed by atoms with Crippen molar-refractivity contribution in [2.45, 2.75) is 0 Å². The number of ketones is 2. The Morgan fingerprint density at radius 3 is 2.10 bits per heavy atom. The van der Waals surface area contributed by atoms with Crippen molar-refractivity contribution in [3.8, 4) is 23.0 Å². The number of carbonyl (C=O) groups is 2. The molecule has 0 saturated heterocycles. The number of benzene rings is 3. The zero-order chi connectivity index (χ0) is 22.1. The van der Waals surface area contributed by atoms with E-state index in [-0.39, 0.29) is 51.1 Å². The number of methoxy groups -OCH3 is 3. The van der Waals surface area contributed by atoms with E-state index < -0.39 is 0 Å². The monoisotopic (exact) mass is 417 g/mol. The Balaban J connectivity index is 1.87. The molecule has 31 heavy (non-hydrogen) atoms. The first-order chi connectivity index (χ1) is 15.0. The van der Waals surface area contributed by atoms with Crippen molar-refractivity contribution >= 4 is 23.5 Å². The van der Waals surface area contributed by atoms with E-state index in [0.29, 0.717) is 17.0 Å². The minimum atomic E-state index is -0.370. The highest BCUT2D eigenvalue weighted by atomic mass is 16.5. The SMILES string of the molecule is COc1cc(OC)c2c(c1)C(=O)c1cc(C=Nc3ccccc3O)cc(OC)c1C2=O. The molecule has 0 amide bonds. The predicted molar refractivity (Wildman–Crippen MR) is 115 cm³/mol. The highest BCUT2D eigenvalue weighted by molar-refractivity contribution is 6.30. The molecule has 0 bridgehead atoms. The van der Waals surface area contributed by atoms with Gasteiger partial charge in [-0.25, -0.2) is 0 Å². The van der Waals surface area contributed by atoms with Crippen LogP contribution in [0.15, 0.2) is 53.5 Å². The molecule has 156 valence electrons. The van der Waals surface area contributed by atoms with Crippen molar-refractivity contribution in [2.24, 2.45) is 4.99 Å². The molecular weight excluding hydrogens is 398 g/mol. The van der Waals surface area contributed by atoms with Crippen molar-refractivity contribution in [1.29, 1.82) is 0 Å². The van der Waals surface area contributed by atoms with Gasteiger partial charge in [-0.15, -0.1) is 0 Å². The summed E-state index contributed by atoms with van der Waals surface area (Å²) in [4.78, 5) is 30.9. The van der Waals surface area contributed by atoms with Crippen LogP contribution in [0.25, 0.3) is 0 Å². The Hall–Kier alpha value is -4.13. The van der Waals surface area contributed by atoms with E-state index in [1.165, 1.54) is 39.7 Å². The van der Waals surface area contributed by atoms with Gasteiger partial charge in [-0.3, -0.25) is 14.6 Å². The third-order valence-corrected chi connectivity index (χ3v) is 5.05. The second-order valence-electron chi connectivity index (χ2n) is 6.80. The number of aromatic hydroxyl groups is 1. The summed E-state index contributed by atoms with van der Waals surface area (Å²) in [5.74, 6) is 0.222. The molecule has 0 radical (unpaired) electrons. The van der Waals surface area contributed by atoms with E-state index in [1.54, 1.807) is 36.4 Å². The highest BCUT2D eigenvalue weighted by Gasteiger charge is 2.36. The molecule has 7 heteroatoms. The van der Waals surface area contributed by atoms with E-state index in [9.17, 15) is 14.7 Å². The van der Waals surface area contributed by atoms with E-state index in [4.69, 9.17) is 14.2 Å². The molecule has 7 nitrogen and oxygen atoms in total. The van der Waals surface area contributed by atoms with Crippen LogP contribution in [0.1, 0.15) is 37.4 Å². The van der Waals surface area contributed by atoms with Gasteiger partial charge in [0.1, 0.15) is 28.7 Å². The molecule has 0 aliphatic heterocycles. The summed E-state index contributed by atoms with van der Waals surface area (Å²) < 4.78 is 16.0. The Bertz CT molecular complexity index is 1250. The minimum absolute atomic E-state index is 0.0306. The Morgan fingerprint density at radius 2 is 1.45 bits per heavy atom. The molecular formula is C24H19NO6. The summed E-state index contributed by atoms with van der Waals surface area (Å²) in [5.41, 5.74) is 1.66. The normalized spacial score (nSPS) is 12.5.